The van der Waals surface area contributed by atoms with Gasteiger partial charge < -0.3 is 5.32 Å². The SMILES string of the molecule is N#Cc1c(Cl)nsc1NC1CCc2ccc(F)cc21. The average molecular weight is 294 g/mol. The van der Waals surface area contributed by atoms with Crippen LogP contribution in [0, 0.1) is 17.1 Å². The molecule has 0 saturated heterocycles. The number of nitriles is 1. The summed E-state index contributed by atoms with van der Waals surface area (Å²) in [7, 11) is 0. The predicted octanol–water partition coefficient (Wildman–Crippen LogP) is 3.91. The summed E-state index contributed by atoms with van der Waals surface area (Å²) in [5.74, 6) is -0.240. The normalized spacial score (nSPS) is 17.0. The zero-order valence-electron chi connectivity index (χ0n) is 9.78. The van der Waals surface area contributed by atoms with Gasteiger partial charge in [0.05, 0.1) is 6.04 Å². The van der Waals surface area contributed by atoms with Crippen molar-refractivity contribution in [3.63, 3.8) is 0 Å². The van der Waals surface area contributed by atoms with E-state index in [0.29, 0.717) is 10.6 Å². The molecule has 2 aromatic rings. The molecule has 3 rings (SSSR count). The van der Waals surface area contributed by atoms with Crippen molar-refractivity contribution in [2.24, 2.45) is 0 Å². The first-order valence-electron chi connectivity index (χ1n) is 5.79. The van der Waals surface area contributed by atoms with E-state index >= 15 is 0 Å². The summed E-state index contributed by atoms with van der Waals surface area (Å²) in [6.45, 7) is 0. The highest BCUT2D eigenvalue weighted by molar-refractivity contribution is 7.10. The van der Waals surface area contributed by atoms with E-state index in [-0.39, 0.29) is 17.0 Å². The van der Waals surface area contributed by atoms with Crippen molar-refractivity contribution in [3.8, 4) is 6.07 Å². The summed E-state index contributed by atoms with van der Waals surface area (Å²) in [4.78, 5) is 0. The number of benzene rings is 1. The van der Waals surface area contributed by atoms with Crippen LogP contribution in [-0.4, -0.2) is 4.37 Å². The molecule has 1 aromatic carbocycles. The Kier molecular flexibility index (Phi) is 3.13. The fourth-order valence-corrected chi connectivity index (χ4v) is 3.34. The second kappa shape index (κ2) is 4.80. The Hall–Kier alpha value is -1.64. The molecule has 1 atom stereocenters. The van der Waals surface area contributed by atoms with E-state index in [0.717, 1.165) is 35.5 Å². The van der Waals surface area contributed by atoms with Gasteiger partial charge in [0.1, 0.15) is 22.5 Å². The van der Waals surface area contributed by atoms with Crippen molar-refractivity contribution in [1.29, 1.82) is 5.26 Å². The maximum atomic E-state index is 13.3. The van der Waals surface area contributed by atoms with Gasteiger partial charge in [-0.15, -0.1) is 0 Å². The maximum absolute atomic E-state index is 13.3. The molecule has 6 heteroatoms. The molecule has 1 N–H and O–H groups in total. The minimum absolute atomic E-state index is 0.00863. The van der Waals surface area contributed by atoms with Crippen molar-refractivity contribution in [1.82, 2.24) is 4.37 Å². The number of aromatic nitrogens is 1. The van der Waals surface area contributed by atoms with Crippen molar-refractivity contribution < 1.29 is 4.39 Å². The first-order valence-corrected chi connectivity index (χ1v) is 6.94. The molecule has 19 heavy (non-hydrogen) atoms. The number of nitrogens with zero attached hydrogens (tertiary/aromatic N) is 2. The summed E-state index contributed by atoms with van der Waals surface area (Å²) in [5, 5.41) is 13.1. The van der Waals surface area contributed by atoms with Gasteiger partial charge in [0.25, 0.3) is 0 Å². The summed E-state index contributed by atoms with van der Waals surface area (Å²) >= 11 is 6.99. The van der Waals surface area contributed by atoms with Crippen LogP contribution in [0.1, 0.15) is 29.2 Å². The number of nitrogens with one attached hydrogen (secondary N) is 1. The molecule has 0 amide bonds. The highest BCUT2D eigenvalue weighted by Crippen LogP contribution is 2.37. The molecule has 1 heterocycles. The second-order valence-corrected chi connectivity index (χ2v) is 5.50. The third-order valence-electron chi connectivity index (χ3n) is 3.25. The molecule has 0 spiro atoms. The Labute approximate surface area is 118 Å². The van der Waals surface area contributed by atoms with Crippen molar-refractivity contribution in [3.05, 3.63) is 45.9 Å². The molecule has 0 bridgehead atoms. The molecule has 96 valence electrons. The molecule has 3 nitrogen and oxygen atoms in total. The number of hydrogen-bond acceptors (Lipinski definition) is 4. The fraction of sp³-hybridized carbons (Fsp3) is 0.231. The van der Waals surface area contributed by atoms with Crippen LogP contribution in [-0.2, 0) is 6.42 Å². The monoisotopic (exact) mass is 293 g/mol. The number of aryl methyl sites for hydroxylation is 1. The molecule has 0 fully saturated rings. The van der Waals surface area contributed by atoms with Crippen LogP contribution in [0.25, 0.3) is 0 Å². The second-order valence-electron chi connectivity index (χ2n) is 4.37. The number of rotatable bonds is 2. The van der Waals surface area contributed by atoms with Gasteiger partial charge in [0, 0.05) is 0 Å². The lowest BCUT2D eigenvalue weighted by Gasteiger charge is -2.13. The van der Waals surface area contributed by atoms with Crippen LogP contribution in [0.4, 0.5) is 9.39 Å². The molecular weight excluding hydrogens is 285 g/mol. The molecule has 1 aliphatic rings. The van der Waals surface area contributed by atoms with Gasteiger partial charge >= 0.3 is 0 Å². The van der Waals surface area contributed by atoms with E-state index < -0.39 is 0 Å². The molecule has 0 aliphatic heterocycles. The summed E-state index contributed by atoms with van der Waals surface area (Å²) in [6, 6.07) is 6.89. The molecule has 0 radical (unpaired) electrons. The number of halogens is 2. The zero-order chi connectivity index (χ0) is 13.4. The lowest BCUT2D eigenvalue weighted by molar-refractivity contribution is 0.624. The van der Waals surface area contributed by atoms with Crippen LogP contribution in [0.2, 0.25) is 5.15 Å². The smallest absolute Gasteiger partial charge is 0.162 e. The Morgan fingerprint density at radius 2 is 2.37 bits per heavy atom. The first kappa shape index (κ1) is 12.4. The summed E-state index contributed by atoms with van der Waals surface area (Å²) in [5.41, 5.74) is 2.46. The van der Waals surface area contributed by atoms with Crippen molar-refractivity contribution in [2.75, 3.05) is 5.32 Å². The lowest BCUT2D eigenvalue weighted by atomic mass is 10.1. The van der Waals surface area contributed by atoms with E-state index in [2.05, 4.69) is 9.69 Å². The van der Waals surface area contributed by atoms with Gasteiger partial charge in [-0.2, -0.15) is 9.64 Å². The molecule has 0 saturated carbocycles. The van der Waals surface area contributed by atoms with Gasteiger partial charge in [-0.1, -0.05) is 17.7 Å². The highest BCUT2D eigenvalue weighted by atomic mass is 35.5. The molecule has 1 unspecified atom stereocenters. The van der Waals surface area contributed by atoms with E-state index in [9.17, 15) is 4.39 Å². The van der Waals surface area contributed by atoms with Crippen LogP contribution >= 0.6 is 23.1 Å². The van der Waals surface area contributed by atoms with Crippen LogP contribution in [0.3, 0.4) is 0 Å². The maximum Gasteiger partial charge on any atom is 0.162 e. The lowest BCUT2D eigenvalue weighted by Crippen LogP contribution is -2.07. The molecule has 1 aromatic heterocycles. The standard InChI is InChI=1S/C13H9ClFN3S/c14-12-10(6-16)13(19-18-12)17-11-4-2-7-1-3-8(15)5-9(7)11/h1,3,5,11,17H,2,4H2. The van der Waals surface area contributed by atoms with E-state index in [1.165, 1.54) is 6.07 Å². The highest BCUT2D eigenvalue weighted by Gasteiger charge is 2.24. The van der Waals surface area contributed by atoms with Gasteiger partial charge in [-0.3, -0.25) is 0 Å². The fourth-order valence-electron chi connectivity index (χ4n) is 2.35. The zero-order valence-corrected chi connectivity index (χ0v) is 11.4. The van der Waals surface area contributed by atoms with Crippen molar-refractivity contribution in [2.45, 2.75) is 18.9 Å². The van der Waals surface area contributed by atoms with Gasteiger partial charge in [0.2, 0.25) is 0 Å². The molecular formula is C13H9ClFN3S. The largest absolute Gasteiger partial charge is 0.368 e. The van der Waals surface area contributed by atoms with Crippen molar-refractivity contribution >= 4 is 28.1 Å². The minimum atomic E-state index is -0.240. The third kappa shape index (κ3) is 2.18. The Morgan fingerprint density at radius 1 is 1.53 bits per heavy atom. The van der Waals surface area contributed by atoms with Gasteiger partial charge in [-0.05, 0) is 47.6 Å². The summed E-state index contributed by atoms with van der Waals surface area (Å²) < 4.78 is 17.3. The van der Waals surface area contributed by atoms with Crippen LogP contribution < -0.4 is 5.32 Å². The third-order valence-corrected chi connectivity index (χ3v) is 4.41. The predicted molar refractivity (Wildman–Crippen MR) is 72.9 cm³/mol. The number of anilines is 1. The van der Waals surface area contributed by atoms with Crippen LogP contribution in [0.5, 0.6) is 0 Å². The topological polar surface area (TPSA) is 48.7 Å². The number of hydrogen-bond donors (Lipinski definition) is 1. The van der Waals surface area contributed by atoms with E-state index in [4.69, 9.17) is 16.9 Å². The first-order chi connectivity index (χ1) is 9.19. The molecule has 1 aliphatic carbocycles. The van der Waals surface area contributed by atoms with Gasteiger partial charge in [-0.25, -0.2) is 4.39 Å². The van der Waals surface area contributed by atoms with Gasteiger partial charge in [0.15, 0.2) is 5.15 Å². The Balaban J connectivity index is 1.91. The van der Waals surface area contributed by atoms with E-state index in [1.807, 2.05) is 12.1 Å². The van der Waals surface area contributed by atoms with E-state index in [1.54, 1.807) is 6.07 Å². The number of fused-ring (bicyclic) bond motifs is 1. The average Bonchev–Trinajstić information content (AvgIpc) is 2.94. The summed E-state index contributed by atoms with van der Waals surface area (Å²) in [6.07, 6.45) is 1.78. The Morgan fingerprint density at radius 3 is 3.16 bits per heavy atom. The minimum Gasteiger partial charge on any atom is -0.368 e. The quantitative estimate of drug-likeness (QED) is 0.913. The Bertz CT molecular complexity index is 677. The van der Waals surface area contributed by atoms with Crippen LogP contribution in [0.15, 0.2) is 18.2 Å².